The zero-order valence-corrected chi connectivity index (χ0v) is 15.8. The van der Waals surface area contributed by atoms with E-state index in [4.69, 9.17) is 4.42 Å². The van der Waals surface area contributed by atoms with Crippen molar-refractivity contribution in [3.05, 3.63) is 51.5 Å². The van der Waals surface area contributed by atoms with E-state index in [1.165, 1.54) is 35.8 Å². The Labute approximate surface area is 165 Å². The number of thiophene rings is 1. The molecule has 3 rings (SSSR count). The second-order valence-corrected chi connectivity index (χ2v) is 7.70. The van der Waals surface area contributed by atoms with Crippen LogP contribution in [0.4, 0.5) is 18.0 Å². The van der Waals surface area contributed by atoms with Crippen LogP contribution in [0.15, 0.2) is 45.2 Å². The fourth-order valence-electron chi connectivity index (χ4n) is 2.41. The SMILES string of the molecule is O=C(CN1C(=O)S/C(=C/c2cccs2)C1=O)N(Cc1ccco1)CC(F)(F)F. The van der Waals surface area contributed by atoms with E-state index in [2.05, 4.69) is 0 Å². The van der Waals surface area contributed by atoms with Gasteiger partial charge in [-0.2, -0.15) is 13.2 Å². The Morgan fingerprint density at radius 2 is 2.04 bits per heavy atom. The van der Waals surface area contributed by atoms with Crippen LogP contribution in [-0.2, 0) is 16.1 Å². The predicted molar refractivity (Wildman–Crippen MR) is 97.2 cm³/mol. The van der Waals surface area contributed by atoms with E-state index in [-0.39, 0.29) is 10.7 Å². The summed E-state index contributed by atoms with van der Waals surface area (Å²) in [7, 11) is 0. The molecule has 0 bridgehead atoms. The molecule has 3 heterocycles. The zero-order chi connectivity index (χ0) is 20.3. The highest BCUT2D eigenvalue weighted by molar-refractivity contribution is 8.18. The average Bonchev–Trinajstić information content (AvgIpc) is 3.34. The van der Waals surface area contributed by atoms with Gasteiger partial charge in [-0.25, -0.2) is 0 Å². The molecule has 28 heavy (non-hydrogen) atoms. The van der Waals surface area contributed by atoms with Crippen LogP contribution in [0.1, 0.15) is 10.6 Å². The van der Waals surface area contributed by atoms with E-state index in [0.29, 0.717) is 21.6 Å². The lowest BCUT2D eigenvalue weighted by Crippen LogP contribution is -2.45. The molecular weight excluding hydrogens is 417 g/mol. The molecule has 0 N–H and O–H groups in total. The zero-order valence-electron chi connectivity index (χ0n) is 14.1. The van der Waals surface area contributed by atoms with E-state index in [1.54, 1.807) is 17.5 Å². The molecular formula is C17H13F3N2O4S2. The van der Waals surface area contributed by atoms with Gasteiger partial charge in [0.2, 0.25) is 5.91 Å². The van der Waals surface area contributed by atoms with Crippen LogP contribution in [0.25, 0.3) is 6.08 Å². The van der Waals surface area contributed by atoms with Gasteiger partial charge in [0.15, 0.2) is 0 Å². The van der Waals surface area contributed by atoms with Crippen molar-refractivity contribution < 1.29 is 32.0 Å². The maximum Gasteiger partial charge on any atom is 0.406 e. The molecule has 0 radical (unpaired) electrons. The van der Waals surface area contributed by atoms with Crippen LogP contribution in [0.2, 0.25) is 0 Å². The smallest absolute Gasteiger partial charge is 0.406 e. The van der Waals surface area contributed by atoms with Crippen molar-refractivity contribution >= 4 is 46.2 Å². The number of hydrogen-bond donors (Lipinski definition) is 0. The lowest BCUT2D eigenvalue weighted by Gasteiger charge is -2.24. The average molecular weight is 430 g/mol. The molecule has 3 amide bonds. The summed E-state index contributed by atoms with van der Waals surface area (Å²) in [5, 5.41) is 1.09. The highest BCUT2D eigenvalue weighted by atomic mass is 32.2. The third-order valence-corrected chi connectivity index (χ3v) is 5.36. The molecule has 1 fully saturated rings. The summed E-state index contributed by atoms with van der Waals surface area (Å²) >= 11 is 2.01. The van der Waals surface area contributed by atoms with Crippen LogP contribution < -0.4 is 0 Å². The summed E-state index contributed by atoms with van der Waals surface area (Å²) < 4.78 is 43.5. The van der Waals surface area contributed by atoms with Gasteiger partial charge in [0.1, 0.15) is 18.8 Å². The molecule has 1 saturated heterocycles. The number of alkyl halides is 3. The number of imide groups is 1. The first kappa shape index (κ1) is 20.2. The minimum absolute atomic E-state index is 0.119. The Kier molecular flexibility index (Phi) is 5.94. The lowest BCUT2D eigenvalue weighted by atomic mass is 10.3. The maximum atomic E-state index is 12.9. The first-order valence-electron chi connectivity index (χ1n) is 7.89. The van der Waals surface area contributed by atoms with Gasteiger partial charge >= 0.3 is 6.18 Å². The number of rotatable bonds is 6. The quantitative estimate of drug-likeness (QED) is 0.649. The Balaban J connectivity index is 1.73. The second kappa shape index (κ2) is 8.23. The largest absolute Gasteiger partial charge is 0.467 e. The van der Waals surface area contributed by atoms with Gasteiger partial charge in [0.05, 0.1) is 17.7 Å². The van der Waals surface area contributed by atoms with Gasteiger partial charge < -0.3 is 9.32 Å². The number of furan rings is 1. The minimum atomic E-state index is -4.64. The predicted octanol–water partition coefficient (Wildman–Crippen LogP) is 3.97. The van der Waals surface area contributed by atoms with Crippen molar-refractivity contribution in [2.75, 3.05) is 13.1 Å². The molecule has 1 aliphatic heterocycles. The first-order valence-corrected chi connectivity index (χ1v) is 9.58. The van der Waals surface area contributed by atoms with E-state index < -0.39 is 42.9 Å². The number of nitrogens with zero attached hydrogens (tertiary/aromatic N) is 2. The highest BCUT2D eigenvalue weighted by Gasteiger charge is 2.39. The summed E-state index contributed by atoms with van der Waals surface area (Å²) in [6.07, 6.45) is -1.85. The van der Waals surface area contributed by atoms with Gasteiger partial charge in [-0.3, -0.25) is 19.3 Å². The Bertz CT molecular complexity index is 892. The molecule has 0 spiro atoms. The van der Waals surface area contributed by atoms with Crippen molar-refractivity contribution in [1.82, 2.24) is 9.80 Å². The fraction of sp³-hybridized carbons (Fsp3) is 0.235. The molecule has 0 saturated carbocycles. The van der Waals surface area contributed by atoms with Crippen LogP contribution in [0.5, 0.6) is 0 Å². The Morgan fingerprint density at radius 1 is 1.25 bits per heavy atom. The summed E-state index contributed by atoms with van der Waals surface area (Å²) in [5.74, 6) is -1.56. The molecule has 6 nitrogen and oxygen atoms in total. The van der Waals surface area contributed by atoms with Gasteiger partial charge in [-0.1, -0.05) is 6.07 Å². The molecule has 0 unspecified atom stereocenters. The van der Waals surface area contributed by atoms with Crippen LogP contribution in [-0.4, -0.2) is 46.1 Å². The van der Waals surface area contributed by atoms with Gasteiger partial charge in [0, 0.05) is 4.88 Å². The molecule has 0 aliphatic carbocycles. The summed E-state index contributed by atoms with van der Waals surface area (Å²) in [6.45, 7) is -2.72. The molecule has 11 heteroatoms. The molecule has 148 valence electrons. The topological polar surface area (TPSA) is 70.8 Å². The van der Waals surface area contributed by atoms with Crippen molar-refractivity contribution in [3.63, 3.8) is 0 Å². The summed E-state index contributed by atoms with van der Waals surface area (Å²) in [4.78, 5) is 39.0. The minimum Gasteiger partial charge on any atom is -0.467 e. The molecule has 1 aliphatic rings. The van der Waals surface area contributed by atoms with Crippen molar-refractivity contribution in [1.29, 1.82) is 0 Å². The molecule has 0 aromatic carbocycles. The molecule has 2 aromatic heterocycles. The number of thioether (sulfide) groups is 1. The second-order valence-electron chi connectivity index (χ2n) is 5.73. The summed E-state index contributed by atoms with van der Waals surface area (Å²) in [5.41, 5.74) is 0. The summed E-state index contributed by atoms with van der Waals surface area (Å²) in [6, 6.07) is 6.43. The van der Waals surface area contributed by atoms with E-state index in [9.17, 15) is 27.6 Å². The fourth-order valence-corrected chi connectivity index (χ4v) is 3.97. The standard InChI is InChI=1S/C17H13F3N2O4S2/c18-17(19,20)10-21(8-11-3-1-5-26-11)14(23)9-22-15(24)13(28-16(22)25)7-12-4-2-6-27-12/h1-7H,8-10H2/b13-7+. The number of halogens is 3. The van der Waals surface area contributed by atoms with E-state index in [1.807, 2.05) is 0 Å². The van der Waals surface area contributed by atoms with Crippen molar-refractivity contribution in [2.45, 2.75) is 12.7 Å². The van der Waals surface area contributed by atoms with Crippen LogP contribution >= 0.6 is 23.1 Å². The highest BCUT2D eigenvalue weighted by Crippen LogP contribution is 2.33. The third-order valence-electron chi connectivity index (χ3n) is 3.63. The molecule has 2 aromatic rings. The van der Waals surface area contributed by atoms with E-state index >= 15 is 0 Å². The van der Waals surface area contributed by atoms with Crippen LogP contribution in [0.3, 0.4) is 0 Å². The Hall–Kier alpha value is -2.53. The monoisotopic (exact) mass is 430 g/mol. The number of amides is 3. The number of carbonyl (C=O) groups is 3. The van der Waals surface area contributed by atoms with Crippen LogP contribution in [0, 0.1) is 0 Å². The first-order chi connectivity index (χ1) is 13.2. The van der Waals surface area contributed by atoms with E-state index in [0.717, 1.165) is 4.88 Å². The van der Waals surface area contributed by atoms with Gasteiger partial charge in [0.25, 0.3) is 11.1 Å². The normalized spacial score (nSPS) is 16.2. The number of hydrogen-bond acceptors (Lipinski definition) is 6. The van der Waals surface area contributed by atoms with Crippen molar-refractivity contribution in [2.24, 2.45) is 0 Å². The molecule has 0 atom stereocenters. The Morgan fingerprint density at radius 3 is 2.64 bits per heavy atom. The van der Waals surface area contributed by atoms with Gasteiger partial charge in [-0.15, -0.1) is 11.3 Å². The third kappa shape index (κ3) is 5.04. The van der Waals surface area contributed by atoms with Crippen molar-refractivity contribution in [3.8, 4) is 0 Å². The lowest BCUT2D eigenvalue weighted by molar-refractivity contribution is -0.163. The van der Waals surface area contributed by atoms with Gasteiger partial charge in [-0.05, 0) is 41.4 Å². The maximum absolute atomic E-state index is 12.9. The number of carbonyl (C=O) groups excluding carboxylic acids is 3.